The van der Waals surface area contributed by atoms with Gasteiger partial charge in [0.1, 0.15) is 0 Å². The molecule has 11 nitrogen and oxygen atoms in total. The van der Waals surface area contributed by atoms with Crippen molar-refractivity contribution in [3.8, 4) is 0 Å². The Labute approximate surface area is 228 Å². The number of sulfone groups is 1. The van der Waals surface area contributed by atoms with E-state index in [2.05, 4.69) is 15.6 Å². The molecule has 0 aliphatic carbocycles. The first-order chi connectivity index (χ1) is 18.7. The Morgan fingerprint density at radius 1 is 1.00 bits per heavy atom. The lowest BCUT2D eigenvalue weighted by Crippen LogP contribution is -2.50. The van der Waals surface area contributed by atoms with Gasteiger partial charge in [-0.15, -0.1) is 0 Å². The van der Waals surface area contributed by atoms with E-state index < -0.39 is 45.1 Å². The maximum absolute atomic E-state index is 13.3. The number of amides is 3. The summed E-state index contributed by atoms with van der Waals surface area (Å²) in [5.41, 5.74) is 1.30. The summed E-state index contributed by atoms with van der Waals surface area (Å²) in [5.74, 6) is -4.99. The van der Waals surface area contributed by atoms with E-state index in [4.69, 9.17) is 4.74 Å². The van der Waals surface area contributed by atoms with Gasteiger partial charge in [0.25, 0.3) is 5.91 Å². The van der Waals surface area contributed by atoms with E-state index in [0.29, 0.717) is 31.9 Å². The van der Waals surface area contributed by atoms with Crippen LogP contribution in [0, 0.1) is 5.92 Å². The first-order valence-electron chi connectivity index (χ1n) is 12.8. The van der Waals surface area contributed by atoms with Gasteiger partial charge in [0.05, 0.1) is 36.7 Å². The van der Waals surface area contributed by atoms with Gasteiger partial charge in [-0.1, -0.05) is 37.3 Å². The molecule has 0 saturated carbocycles. The van der Waals surface area contributed by atoms with E-state index in [1.807, 2.05) is 0 Å². The third-order valence-electron chi connectivity index (χ3n) is 6.31. The van der Waals surface area contributed by atoms with Crippen LogP contribution >= 0.6 is 0 Å². The fourth-order valence-electron chi connectivity index (χ4n) is 4.14. The predicted molar refractivity (Wildman–Crippen MR) is 143 cm³/mol. The minimum absolute atomic E-state index is 0.103. The largest absolute Gasteiger partial charge is 0.378 e. The number of aromatic nitrogens is 1. The number of benzene rings is 1. The second kappa shape index (κ2) is 14.5. The van der Waals surface area contributed by atoms with Gasteiger partial charge in [0.15, 0.2) is 9.84 Å². The van der Waals surface area contributed by atoms with Crippen LogP contribution < -0.4 is 10.6 Å². The molecule has 3 amide bonds. The zero-order valence-electron chi connectivity index (χ0n) is 21.9. The smallest absolute Gasteiger partial charge is 0.289 e. The van der Waals surface area contributed by atoms with Crippen molar-refractivity contribution in [3.05, 3.63) is 66.0 Å². The quantitative estimate of drug-likeness (QED) is 0.340. The van der Waals surface area contributed by atoms with E-state index in [1.54, 1.807) is 61.8 Å². The van der Waals surface area contributed by atoms with Crippen molar-refractivity contribution < 1.29 is 32.3 Å². The van der Waals surface area contributed by atoms with Gasteiger partial charge in [-0.25, -0.2) is 8.42 Å². The van der Waals surface area contributed by atoms with Crippen molar-refractivity contribution >= 4 is 33.3 Å². The molecule has 1 aliphatic rings. The Morgan fingerprint density at radius 2 is 1.67 bits per heavy atom. The number of nitrogens with one attached hydrogen (secondary N) is 2. The van der Waals surface area contributed by atoms with Crippen LogP contribution in [0.25, 0.3) is 0 Å². The second-order valence-electron chi connectivity index (χ2n) is 9.31. The molecule has 1 aromatic carbocycles. The Bertz CT molecular complexity index is 1230. The molecule has 0 radical (unpaired) electrons. The van der Waals surface area contributed by atoms with Crippen molar-refractivity contribution in [2.75, 3.05) is 32.1 Å². The molecule has 12 heteroatoms. The monoisotopic (exact) mass is 558 g/mol. The lowest BCUT2D eigenvalue weighted by Gasteiger charge is -2.28. The fourth-order valence-corrected chi connectivity index (χ4v) is 5.84. The summed E-state index contributed by atoms with van der Waals surface area (Å²) >= 11 is 0. The molecule has 1 fully saturated rings. The van der Waals surface area contributed by atoms with Gasteiger partial charge in [0, 0.05) is 38.4 Å². The molecule has 2 atom stereocenters. The lowest BCUT2D eigenvalue weighted by atomic mass is 10.0. The van der Waals surface area contributed by atoms with Crippen molar-refractivity contribution in [2.24, 2.45) is 5.92 Å². The normalized spacial score (nSPS) is 15.2. The highest BCUT2D eigenvalue weighted by Gasteiger charge is 2.33. The van der Waals surface area contributed by atoms with E-state index in [9.17, 15) is 27.6 Å². The van der Waals surface area contributed by atoms with Gasteiger partial charge in [0.2, 0.25) is 17.6 Å². The third-order valence-corrected chi connectivity index (χ3v) is 7.99. The fraction of sp³-hybridized carbons (Fsp3) is 0.444. The van der Waals surface area contributed by atoms with Gasteiger partial charge >= 0.3 is 0 Å². The van der Waals surface area contributed by atoms with Crippen molar-refractivity contribution in [1.29, 1.82) is 0 Å². The molecule has 2 unspecified atom stereocenters. The summed E-state index contributed by atoms with van der Waals surface area (Å²) in [4.78, 5) is 57.0. The summed E-state index contributed by atoms with van der Waals surface area (Å²) in [6, 6.07) is 10.7. The number of ether oxygens (including phenoxy) is 1. The van der Waals surface area contributed by atoms with E-state index in [-0.39, 0.29) is 31.0 Å². The molecule has 3 rings (SSSR count). The lowest BCUT2D eigenvalue weighted by molar-refractivity contribution is -0.141. The van der Waals surface area contributed by atoms with E-state index in [1.165, 1.54) is 4.90 Å². The van der Waals surface area contributed by atoms with Crippen molar-refractivity contribution in [3.63, 3.8) is 0 Å². The summed E-state index contributed by atoms with van der Waals surface area (Å²) in [5, 5.41) is 5.04. The Balaban J connectivity index is 1.70. The standard InChI is InChI=1S/C27H34N4O7S/c1-2-23(25(33)27(35)29-17-20-8-10-28-11-9-20)30-26(34)22(16-24(32)31-12-14-38-15-13-31)19-39(36,37)18-21-6-4-3-5-7-21/h3-11,22-23H,2,12-19H2,1H3,(H,29,35)(H,30,34). The Kier molecular flexibility index (Phi) is 11.1. The topological polar surface area (TPSA) is 152 Å². The number of rotatable bonds is 13. The zero-order chi connectivity index (χ0) is 28.3. The van der Waals surface area contributed by atoms with Crippen LogP contribution in [0.5, 0.6) is 0 Å². The van der Waals surface area contributed by atoms with Crippen molar-refractivity contribution in [1.82, 2.24) is 20.5 Å². The van der Waals surface area contributed by atoms with Crippen LogP contribution in [-0.2, 0) is 46.0 Å². The third kappa shape index (κ3) is 9.56. The van der Waals surface area contributed by atoms with E-state index >= 15 is 0 Å². The highest BCUT2D eigenvalue weighted by atomic mass is 32.2. The predicted octanol–water partition coefficient (Wildman–Crippen LogP) is 0.642. The zero-order valence-corrected chi connectivity index (χ0v) is 22.7. The number of nitrogens with zero attached hydrogens (tertiary/aromatic N) is 2. The van der Waals surface area contributed by atoms with Crippen LogP contribution in [0.3, 0.4) is 0 Å². The van der Waals surface area contributed by atoms with Crippen LogP contribution in [0.1, 0.15) is 30.9 Å². The van der Waals surface area contributed by atoms with Crippen LogP contribution in [0.15, 0.2) is 54.9 Å². The highest BCUT2D eigenvalue weighted by Crippen LogP contribution is 2.16. The molecular formula is C27H34N4O7S. The summed E-state index contributed by atoms with van der Waals surface area (Å²) < 4.78 is 31.3. The average molecular weight is 559 g/mol. The van der Waals surface area contributed by atoms with Gasteiger partial charge < -0.3 is 20.3 Å². The summed E-state index contributed by atoms with van der Waals surface area (Å²) in [6.07, 6.45) is 2.87. The molecule has 1 saturated heterocycles. The number of hydrogen-bond acceptors (Lipinski definition) is 8. The van der Waals surface area contributed by atoms with Crippen LogP contribution in [0.2, 0.25) is 0 Å². The van der Waals surface area contributed by atoms with Crippen molar-refractivity contribution in [2.45, 2.75) is 38.1 Å². The molecule has 0 spiro atoms. The number of ketones is 1. The average Bonchev–Trinajstić information content (AvgIpc) is 2.94. The first-order valence-corrected chi connectivity index (χ1v) is 14.6. The summed E-state index contributed by atoms with van der Waals surface area (Å²) in [7, 11) is -3.80. The molecule has 0 bridgehead atoms. The number of carbonyl (C=O) groups is 4. The number of hydrogen-bond donors (Lipinski definition) is 2. The van der Waals surface area contributed by atoms with Gasteiger partial charge in [-0.2, -0.15) is 0 Å². The molecule has 1 aromatic heterocycles. The molecule has 39 heavy (non-hydrogen) atoms. The second-order valence-corrected chi connectivity index (χ2v) is 11.4. The number of carbonyl (C=O) groups excluding carboxylic acids is 4. The minimum Gasteiger partial charge on any atom is -0.378 e. The van der Waals surface area contributed by atoms with Crippen LogP contribution in [0.4, 0.5) is 0 Å². The molecule has 210 valence electrons. The molecule has 2 N–H and O–H groups in total. The maximum Gasteiger partial charge on any atom is 0.289 e. The van der Waals surface area contributed by atoms with Gasteiger partial charge in [-0.05, 0) is 29.7 Å². The molecule has 1 aliphatic heterocycles. The number of Topliss-reactive ketones (excluding diaryl/α,β-unsaturated/α-hetero) is 1. The minimum atomic E-state index is -3.80. The number of morpholine rings is 1. The first kappa shape index (κ1) is 29.9. The summed E-state index contributed by atoms with van der Waals surface area (Å²) in [6.45, 7) is 3.13. The SMILES string of the molecule is CCC(NC(=O)C(CC(=O)N1CCOCC1)CS(=O)(=O)Cc1ccccc1)C(=O)C(=O)NCc1ccncc1. The molecule has 2 heterocycles. The highest BCUT2D eigenvalue weighted by molar-refractivity contribution is 7.90. The molecule has 2 aromatic rings. The Hall–Kier alpha value is -3.64. The Morgan fingerprint density at radius 3 is 2.31 bits per heavy atom. The van der Waals surface area contributed by atoms with Gasteiger partial charge in [-0.3, -0.25) is 24.2 Å². The van der Waals surface area contributed by atoms with Crippen LogP contribution in [-0.4, -0.2) is 79.9 Å². The molecular weight excluding hydrogens is 524 g/mol. The van der Waals surface area contributed by atoms with E-state index in [0.717, 1.165) is 5.56 Å². The maximum atomic E-state index is 13.3. The number of pyridine rings is 1.